The minimum atomic E-state index is -4.66. The molecule has 0 aliphatic rings. The van der Waals surface area contributed by atoms with Crippen LogP contribution in [0.2, 0.25) is 5.02 Å². The van der Waals surface area contributed by atoms with Crippen LogP contribution in [0, 0.1) is 0 Å². The molecule has 1 atom stereocenters. The molecular formula is C18H16ClF3N6O2. The predicted octanol–water partition coefficient (Wildman–Crippen LogP) is 3.88. The van der Waals surface area contributed by atoms with Gasteiger partial charge in [0, 0.05) is 23.0 Å². The summed E-state index contributed by atoms with van der Waals surface area (Å²) >= 11 is 5.81. The minimum absolute atomic E-state index is 0.0821. The lowest BCUT2D eigenvalue weighted by molar-refractivity contribution is -0.145. The fraction of sp³-hybridized carbons (Fsp3) is 0.278. The lowest BCUT2D eigenvalue weighted by atomic mass is 10.1. The summed E-state index contributed by atoms with van der Waals surface area (Å²) in [5.41, 5.74) is -1.32. The van der Waals surface area contributed by atoms with Crippen molar-refractivity contribution in [1.29, 1.82) is 0 Å². The first kappa shape index (κ1) is 21.7. The van der Waals surface area contributed by atoms with Crippen molar-refractivity contribution in [3.8, 4) is 5.95 Å². The highest BCUT2D eigenvalue weighted by Gasteiger charge is 2.34. The summed E-state index contributed by atoms with van der Waals surface area (Å²) in [6.07, 6.45) is -0.395. The fourth-order valence-electron chi connectivity index (χ4n) is 2.68. The SMILES string of the molecule is CCON(C(=O)c1cc(Cl)cc(C(F)(F)F)c1)C(C)c1ncnn1-c1ncccn1. The molecular weight excluding hydrogens is 425 g/mol. The fourth-order valence-corrected chi connectivity index (χ4v) is 2.92. The molecule has 12 heteroatoms. The van der Waals surface area contributed by atoms with E-state index in [1.54, 1.807) is 19.9 Å². The molecule has 2 heterocycles. The van der Waals surface area contributed by atoms with Gasteiger partial charge in [-0.05, 0) is 38.1 Å². The number of hydroxylamine groups is 2. The van der Waals surface area contributed by atoms with Gasteiger partial charge in [-0.2, -0.15) is 23.0 Å². The number of carbonyl (C=O) groups excluding carboxylic acids is 1. The Balaban J connectivity index is 1.98. The second kappa shape index (κ2) is 8.76. The maximum absolute atomic E-state index is 13.1. The summed E-state index contributed by atoms with van der Waals surface area (Å²) in [5, 5.41) is 4.76. The Bertz CT molecular complexity index is 1030. The quantitative estimate of drug-likeness (QED) is 0.541. The van der Waals surface area contributed by atoms with Crippen molar-refractivity contribution >= 4 is 17.5 Å². The van der Waals surface area contributed by atoms with E-state index in [9.17, 15) is 18.0 Å². The van der Waals surface area contributed by atoms with E-state index in [0.29, 0.717) is 0 Å². The molecule has 2 aromatic heterocycles. The predicted molar refractivity (Wildman–Crippen MR) is 99.6 cm³/mol. The van der Waals surface area contributed by atoms with Crippen LogP contribution in [0.1, 0.15) is 41.6 Å². The van der Waals surface area contributed by atoms with Gasteiger partial charge in [-0.1, -0.05) is 11.6 Å². The Morgan fingerprint density at radius 3 is 2.57 bits per heavy atom. The summed E-state index contributed by atoms with van der Waals surface area (Å²) in [4.78, 5) is 30.8. The number of hydrogen-bond acceptors (Lipinski definition) is 6. The molecule has 0 fully saturated rings. The smallest absolute Gasteiger partial charge is 0.270 e. The van der Waals surface area contributed by atoms with Crippen LogP contribution in [0.25, 0.3) is 5.95 Å². The van der Waals surface area contributed by atoms with E-state index in [0.717, 1.165) is 23.3 Å². The third-order valence-corrected chi connectivity index (χ3v) is 4.20. The van der Waals surface area contributed by atoms with Gasteiger partial charge in [0.15, 0.2) is 5.82 Å². The summed E-state index contributed by atoms with van der Waals surface area (Å²) < 4.78 is 40.7. The van der Waals surface area contributed by atoms with Crippen LogP contribution in [0.15, 0.2) is 43.0 Å². The van der Waals surface area contributed by atoms with Gasteiger partial charge in [-0.25, -0.2) is 20.0 Å². The second-order valence-electron chi connectivity index (χ2n) is 6.03. The van der Waals surface area contributed by atoms with E-state index >= 15 is 0 Å². The molecule has 0 saturated heterocycles. The number of rotatable bonds is 6. The molecule has 1 unspecified atom stereocenters. The van der Waals surface area contributed by atoms with Gasteiger partial charge < -0.3 is 0 Å². The number of carbonyl (C=O) groups is 1. The van der Waals surface area contributed by atoms with Crippen molar-refractivity contribution in [2.75, 3.05) is 6.61 Å². The summed E-state index contributed by atoms with van der Waals surface area (Å²) in [6, 6.07) is 3.39. The van der Waals surface area contributed by atoms with E-state index < -0.39 is 23.7 Å². The molecule has 0 aliphatic heterocycles. The van der Waals surface area contributed by atoms with E-state index in [1.165, 1.54) is 23.4 Å². The van der Waals surface area contributed by atoms with Crippen LogP contribution >= 0.6 is 11.6 Å². The van der Waals surface area contributed by atoms with Gasteiger partial charge in [0.05, 0.1) is 12.2 Å². The monoisotopic (exact) mass is 440 g/mol. The highest BCUT2D eigenvalue weighted by atomic mass is 35.5. The highest BCUT2D eigenvalue weighted by molar-refractivity contribution is 6.31. The van der Waals surface area contributed by atoms with Gasteiger partial charge in [0.2, 0.25) is 0 Å². The molecule has 0 bridgehead atoms. The highest BCUT2D eigenvalue weighted by Crippen LogP contribution is 2.33. The van der Waals surface area contributed by atoms with Crippen LogP contribution in [0.4, 0.5) is 13.2 Å². The summed E-state index contributed by atoms with van der Waals surface area (Å²) in [5.74, 6) is -0.357. The Kier molecular flexibility index (Phi) is 6.32. The van der Waals surface area contributed by atoms with Crippen molar-refractivity contribution in [3.63, 3.8) is 0 Å². The molecule has 30 heavy (non-hydrogen) atoms. The maximum Gasteiger partial charge on any atom is 0.416 e. The lowest BCUT2D eigenvalue weighted by Crippen LogP contribution is -2.35. The number of aromatic nitrogens is 5. The zero-order chi connectivity index (χ0) is 21.9. The Hall–Kier alpha value is -3.05. The zero-order valence-corrected chi connectivity index (χ0v) is 16.6. The van der Waals surface area contributed by atoms with Crippen molar-refractivity contribution in [3.05, 3.63) is 65.0 Å². The van der Waals surface area contributed by atoms with Crippen LogP contribution in [0.5, 0.6) is 0 Å². The molecule has 3 rings (SSSR count). The molecule has 8 nitrogen and oxygen atoms in total. The first-order chi connectivity index (χ1) is 14.2. The largest absolute Gasteiger partial charge is 0.416 e. The first-order valence-corrected chi connectivity index (χ1v) is 9.11. The van der Waals surface area contributed by atoms with Gasteiger partial charge >= 0.3 is 6.18 Å². The van der Waals surface area contributed by atoms with E-state index in [-0.39, 0.29) is 29.0 Å². The van der Waals surface area contributed by atoms with Crippen LogP contribution < -0.4 is 0 Å². The average Bonchev–Trinajstić information content (AvgIpc) is 3.20. The first-order valence-electron chi connectivity index (χ1n) is 8.74. The van der Waals surface area contributed by atoms with E-state index in [2.05, 4.69) is 20.1 Å². The Labute approximate surface area is 174 Å². The second-order valence-corrected chi connectivity index (χ2v) is 6.47. The van der Waals surface area contributed by atoms with Crippen LogP contribution in [-0.2, 0) is 11.0 Å². The molecule has 0 spiro atoms. The van der Waals surface area contributed by atoms with E-state index in [1.807, 2.05) is 0 Å². The zero-order valence-electron chi connectivity index (χ0n) is 15.8. The third kappa shape index (κ3) is 4.57. The standard InChI is InChI=1S/C18H16ClF3N6O2/c1-3-30-28(16(29)12-7-13(18(20,21)22)9-14(19)8-12)11(2)15-25-10-26-27(15)17-23-5-4-6-24-17/h4-11H,3H2,1-2H3. The molecule has 3 aromatic rings. The van der Waals surface area contributed by atoms with Crippen molar-refractivity contribution < 1.29 is 22.8 Å². The van der Waals surface area contributed by atoms with E-state index in [4.69, 9.17) is 16.4 Å². The molecule has 1 amide bonds. The Morgan fingerprint density at radius 1 is 1.23 bits per heavy atom. The number of nitrogens with zero attached hydrogens (tertiary/aromatic N) is 6. The van der Waals surface area contributed by atoms with Gasteiger partial charge in [0.1, 0.15) is 12.4 Å². The topological polar surface area (TPSA) is 86.0 Å². The molecule has 0 N–H and O–H groups in total. The number of halogens is 4. The van der Waals surface area contributed by atoms with Gasteiger partial charge in [-0.3, -0.25) is 9.63 Å². The summed E-state index contributed by atoms with van der Waals surface area (Å²) in [6.45, 7) is 3.31. The van der Waals surface area contributed by atoms with Gasteiger partial charge in [-0.15, -0.1) is 0 Å². The summed E-state index contributed by atoms with van der Waals surface area (Å²) in [7, 11) is 0. The number of amides is 1. The van der Waals surface area contributed by atoms with Crippen LogP contribution in [-0.4, -0.2) is 42.3 Å². The van der Waals surface area contributed by atoms with Crippen molar-refractivity contribution in [1.82, 2.24) is 29.8 Å². The normalized spacial score (nSPS) is 12.6. The molecule has 0 aliphatic carbocycles. The average molecular weight is 441 g/mol. The number of hydrogen-bond donors (Lipinski definition) is 0. The molecule has 158 valence electrons. The number of alkyl halides is 3. The van der Waals surface area contributed by atoms with Crippen molar-refractivity contribution in [2.24, 2.45) is 0 Å². The lowest BCUT2D eigenvalue weighted by Gasteiger charge is -2.27. The minimum Gasteiger partial charge on any atom is -0.270 e. The third-order valence-electron chi connectivity index (χ3n) is 3.98. The number of benzene rings is 1. The van der Waals surface area contributed by atoms with Crippen molar-refractivity contribution in [2.45, 2.75) is 26.1 Å². The molecule has 1 aromatic carbocycles. The van der Waals surface area contributed by atoms with Crippen LogP contribution in [0.3, 0.4) is 0 Å². The maximum atomic E-state index is 13.1. The Morgan fingerprint density at radius 2 is 1.93 bits per heavy atom. The van der Waals surface area contributed by atoms with Gasteiger partial charge in [0.25, 0.3) is 11.9 Å². The molecule has 0 radical (unpaired) electrons. The molecule has 0 saturated carbocycles.